The Balaban J connectivity index is -0.0000000750. The molecule has 2 heteroatoms. The van der Waals surface area contributed by atoms with Crippen molar-refractivity contribution in [2.45, 2.75) is 13.3 Å². The zero-order chi connectivity index (χ0) is 6.12. The second kappa shape index (κ2) is 15.9. The summed E-state index contributed by atoms with van der Waals surface area (Å²) in [7, 11) is 5.68. The maximum atomic E-state index is 5.50. The molecule has 0 aliphatic rings. The van der Waals surface area contributed by atoms with Crippen molar-refractivity contribution in [3.8, 4) is 0 Å². The summed E-state index contributed by atoms with van der Waals surface area (Å²) in [6.45, 7) is 2.82. The summed E-state index contributed by atoms with van der Waals surface area (Å²) in [6, 6.07) is 0. The molecule has 0 aromatic rings. The molecule has 0 aromatic heterocycles. The fourth-order valence-corrected chi connectivity index (χ4v) is 0.144. The molecular formula is C5H12OW. The van der Waals surface area contributed by atoms with Crippen LogP contribution in [0.15, 0.2) is 0 Å². The van der Waals surface area contributed by atoms with Crippen LogP contribution in [-0.2, 0) is 25.8 Å². The van der Waals surface area contributed by atoms with Crippen molar-refractivity contribution >= 4 is 0 Å². The van der Waals surface area contributed by atoms with Gasteiger partial charge in [-0.15, -0.1) is 0 Å². The molecule has 0 aliphatic carbocycles. The van der Waals surface area contributed by atoms with Crippen LogP contribution in [0.1, 0.15) is 14.7 Å². The molecule has 0 atom stereocenters. The van der Waals surface area contributed by atoms with Crippen LogP contribution in [0.3, 0.4) is 0 Å². The smallest absolute Gasteiger partial charge is 0.555 e. The first-order valence-electron chi connectivity index (χ1n) is 2.49. The molecule has 0 aliphatic heterocycles. The van der Waals surface area contributed by atoms with Crippen molar-refractivity contribution in [3.63, 3.8) is 0 Å². The van der Waals surface area contributed by atoms with E-state index in [0.29, 0.717) is 0 Å². The average molecular weight is 273 g/mol. The van der Waals surface area contributed by atoms with Gasteiger partial charge in [-0.05, 0) is 6.42 Å². The van der Waals surface area contributed by atoms with Gasteiger partial charge in [-0.25, -0.2) is 8.48 Å². The van der Waals surface area contributed by atoms with Gasteiger partial charge in [0.05, 0.1) is 0 Å². The molecule has 0 fully saturated rings. The van der Waals surface area contributed by atoms with Gasteiger partial charge < -0.3 is 12.1 Å². The van der Waals surface area contributed by atoms with Crippen molar-refractivity contribution < 1.29 is 27.2 Å². The monoisotopic (exact) mass is 273 g/mol. The average Bonchev–Trinajstić information content (AvgIpc) is 1.75. The van der Waals surface area contributed by atoms with Gasteiger partial charge in [0.15, 0.2) is 0 Å². The standard InChI is InChI=1S/C4H9O.CH3.W/c1-3-4-5-2;;/h2-4H2,1H3;1H3;/q2*-1;+2/i;1D;. The van der Waals surface area contributed by atoms with E-state index in [1.54, 1.807) is 0 Å². The Bertz CT molecular complexity index is 19.9. The Morgan fingerprint density at radius 3 is 2.29 bits per heavy atom. The van der Waals surface area contributed by atoms with Gasteiger partial charge in [-0.1, -0.05) is 6.92 Å². The molecule has 0 N–H and O–H groups in total. The van der Waals surface area contributed by atoms with Crippen LogP contribution >= 0.6 is 0 Å². The summed E-state index contributed by atoms with van der Waals surface area (Å²) in [6.07, 6.45) is 1.06. The first-order chi connectivity index (χ1) is 3.41. The quantitative estimate of drug-likeness (QED) is 0.695. The van der Waals surface area contributed by atoms with E-state index in [1.165, 1.54) is 0 Å². The van der Waals surface area contributed by atoms with Crippen molar-refractivity contribution in [3.05, 3.63) is 14.5 Å². The number of ether oxygens (including phenoxy) is 1. The SMILES string of the molecule is [2H][CH2-].[CH2-]OCCC.[W+2]. The molecule has 0 amide bonds. The molecule has 1 nitrogen and oxygen atoms in total. The van der Waals surface area contributed by atoms with E-state index in [1.807, 2.05) is 6.92 Å². The maximum Gasteiger partial charge on any atom is 2.00 e. The summed E-state index contributed by atoms with van der Waals surface area (Å²) < 4.78 is 9.94. The van der Waals surface area contributed by atoms with E-state index in [-0.39, 0.29) is 21.1 Å². The predicted molar refractivity (Wildman–Crippen MR) is 28.0 cm³/mol. The molecule has 0 bridgehead atoms. The van der Waals surface area contributed by atoms with Crippen LogP contribution in [0.4, 0.5) is 0 Å². The van der Waals surface area contributed by atoms with E-state index in [0.717, 1.165) is 13.0 Å². The van der Waals surface area contributed by atoms with Crippen LogP contribution in [0.2, 0.25) is 0 Å². The van der Waals surface area contributed by atoms with Crippen LogP contribution < -0.4 is 0 Å². The molecule has 0 heterocycles. The molecule has 0 rings (SSSR count). The predicted octanol–water partition coefficient (Wildman–Crippen LogP) is 1.65. The largest absolute Gasteiger partial charge is 2.00 e. The molecule has 44 valence electrons. The van der Waals surface area contributed by atoms with Gasteiger partial charge >= 0.3 is 21.1 Å². The molecule has 7 heavy (non-hydrogen) atoms. The first-order valence-corrected chi connectivity index (χ1v) is 1.78. The third-order valence-corrected chi connectivity index (χ3v) is 0.348. The minimum absolute atomic E-state index is 0. The van der Waals surface area contributed by atoms with Gasteiger partial charge in [0.1, 0.15) is 0 Å². The van der Waals surface area contributed by atoms with Crippen molar-refractivity contribution in [2.24, 2.45) is 0 Å². The molecule has 0 aromatic carbocycles. The van der Waals surface area contributed by atoms with Gasteiger partial charge in [0.2, 0.25) is 0 Å². The number of rotatable bonds is 2. The Morgan fingerprint density at radius 1 is 1.86 bits per heavy atom. The van der Waals surface area contributed by atoms with Crippen LogP contribution in [-0.4, -0.2) is 6.61 Å². The van der Waals surface area contributed by atoms with E-state index < -0.39 is 0 Å². The maximum absolute atomic E-state index is 5.50. The molecule has 0 saturated carbocycles. The third-order valence-electron chi connectivity index (χ3n) is 0.348. The van der Waals surface area contributed by atoms with Crippen LogP contribution in [0.25, 0.3) is 0 Å². The Labute approximate surface area is 62.1 Å². The van der Waals surface area contributed by atoms with Gasteiger partial charge in [-0.2, -0.15) is 0 Å². The van der Waals surface area contributed by atoms with E-state index in [9.17, 15) is 0 Å². The van der Waals surface area contributed by atoms with Gasteiger partial charge in [0.25, 0.3) is 0 Å². The van der Waals surface area contributed by atoms with Crippen molar-refractivity contribution in [1.29, 1.82) is 0 Å². The second-order valence-electron chi connectivity index (χ2n) is 0.908. The summed E-state index contributed by atoms with van der Waals surface area (Å²) in [5.74, 6) is 0. The summed E-state index contributed by atoms with van der Waals surface area (Å²) in [5.41, 5.74) is 0. The van der Waals surface area contributed by atoms with Gasteiger partial charge in [0, 0.05) is 6.61 Å². The second-order valence-corrected chi connectivity index (χ2v) is 0.908. The summed E-state index contributed by atoms with van der Waals surface area (Å²) in [5, 5.41) is 0. The fraction of sp³-hybridized carbons (Fsp3) is 0.600. The molecule has 0 radical (unpaired) electrons. The minimum atomic E-state index is 0. The fourth-order valence-electron chi connectivity index (χ4n) is 0.144. The molecule has 0 unspecified atom stereocenters. The Hall–Kier alpha value is 0.648. The number of hydrogen-bond acceptors (Lipinski definition) is 1. The Morgan fingerprint density at radius 2 is 2.29 bits per heavy atom. The zero-order valence-corrected chi connectivity index (χ0v) is 7.58. The van der Waals surface area contributed by atoms with Crippen LogP contribution in [0.5, 0.6) is 0 Å². The summed E-state index contributed by atoms with van der Waals surface area (Å²) >= 11 is 0. The topological polar surface area (TPSA) is 9.23 Å². The first kappa shape index (κ1) is 10.6. The van der Waals surface area contributed by atoms with E-state index in [2.05, 4.69) is 19.2 Å². The Kier molecular flexibility index (Phi) is 24.1. The third kappa shape index (κ3) is 20.5. The van der Waals surface area contributed by atoms with E-state index >= 15 is 0 Å². The minimum Gasteiger partial charge on any atom is -0.555 e. The summed E-state index contributed by atoms with van der Waals surface area (Å²) in [4.78, 5) is 0. The normalized spacial score (nSPS) is 7.00. The van der Waals surface area contributed by atoms with Crippen LogP contribution in [0, 0.1) is 14.5 Å². The zero-order valence-electron chi connectivity index (χ0n) is 5.64. The molecule has 0 saturated heterocycles. The molecular weight excluding hydrogens is 260 g/mol. The number of hydrogen-bond donors (Lipinski definition) is 0. The van der Waals surface area contributed by atoms with Crippen molar-refractivity contribution in [1.82, 2.24) is 0 Å². The van der Waals surface area contributed by atoms with Crippen molar-refractivity contribution in [2.75, 3.05) is 6.61 Å². The van der Waals surface area contributed by atoms with E-state index in [4.69, 9.17) is 1.37 Å². The molecule has 0 spiro atoms. The van der Waals surface area contributed by atoms with Gasteiger partial charge in [-0.3, -0.25) is 0 Å².